The molecule has 6 heteroatoms. The molecule has 0 radical (unpaired) electrons. The van der Waals surface area contributed by atoms with Crippen LogP contribution < -0.4 is 16.0 Å². The fourth-order valence-electron chi connectivity index (χ4n) is 1.86. The monoisotopic (exact) mass is 235 g/mol. The van der Waals surface area contributed by atoms with Gasteiger partial charge in [-0.3, -0.25) is 4.79 Å². The van der Waals surface area contributed by atoms with Crippen molar-refractivity contribution in [2.45, 2.75) is 25.8 Å². The highest BCUT2D eigenvalue weighted by Crippen LogP contribution is 2.14. The van der Waals surface area contributed by atoms with Gasteiger partial charge >= 0.3 is 0 Å². The van der Waals surface area contributed by atoms with Crippen LogP contribution >= 0.6 is 0 Å². The lowest BCUT2D eigenvalue weighted by Gasteiger charge is -2.23. The number of carbonyl (C=O) groups is 1. The third kappa shape index (κ3) is 2.83. The third-order valence-corrected chi connectivity index (χ3v) is 2.70. The molecule has 2 heterocycles. The van der Waals surface area contributed by atoms with Crippen LogP contribution in [0.2, 0.25) is 0 Å². The Morgan fingerprint density at radius 1 is 1.41 bits per heavy atom. The van der Waals surface area contributed by atoms with Gasteiger partial charge in [-0.05, 0) is 19.8 Å². The van der Waals surface area contributed by atoms with Gasteiger partial charge in [0.05, 0.1) is 0 Å². The highest BCUT2D eigenvalue weighted by molar-refractivity contribution is 5.85. The summed E-state index contributed by atoms with van der Waals surface area (Å²) in [6.45, 7) is 2.59. The van der Waals surface area contributed by atoms with E-state index in [2.05, 4.69) is 25.9 Å². The van der Waals surface area contributed by atoms with Crippen LogP contribution in [0.5, 0.6) is 0 Å². The summed E-state index contributed by atoms with van der Waals surface area (Å²) in [5.74, 6) is 2.15. The number of nitrogens with zero attached hydrogens (tertiary/aromatic N) is 2. The van der Waals surface area contributed by atoms with Crippen molar-refractivity contribution in [3.8, 4) is 0 Å². The van der Waals surface area contributed by atoms with Gasteiger partial charge in [-0.15, -0.1) is 0 Å². The first-order chi connectivity index (χ1) is 8.19. The fourth-order valence-corrected chi connectivity index (χ4v) is 1.86. The number of amides is 1. The molecule has 92 valence electrons. The molecule has 17 heavy (non-hydrogen) atoms. The van der Waals surface area contributed by atoms with E-state index in [4.69, 9.17) is 0 Å². The first-order valence-electron chi connectivity index (χ1n) is 5.77. The number of aryl methyl sites for hydroxylation is 1. The number of piperidine rings is 1. The van der Waals surface area contributed by atoms with E-state index in [1.54, 1.807) is 13.1 Å². The average Bonchev–Trinajstić information content (AvgIpc) is 2.31. The average molecular weight is 235 g/mol. The van der Waals surface area contributed by atoms with Crippen LogP contribution in [0.3, 0.4) is 0 Å². The second kappa shape index (κ2) is 4.99. The summed E-state index contributed by atoms with van der Waals surface area (Å²) in [5.41, 5.74) is 0. The predicted molar refractivity (Wildman–Crippen MR) is 66.0 cm³/mol. The van der Waals surface area contributed by atoms with Crippen molar-refractivity contribution in [3.63, 3.8) is 0 Å². The topological polar surface area (TPSA) is 78.9 Å². The first kappa shape index (κ1) is 11.6. The van der Waals surface area contributed by atoms with Crippen LogP contribution in [0, 0.1) is 6.92 Å². The SMILES string of the molecule is CNc1cc(NC2CCCNC2=O)nc(C)n1. The molecule has 1 aliphatic heterocycles. The van der Waals surface area contributed by atoms with Gasteiger partial charge in [0.1, 0.15) is 23.5 Å². The van der Waals surface area contributed by atoms with E-state index < -0.39 is 0 Å². The lowest BCUT2D eigenvalue weighted by molar-refractivity contribution is -0.123. The van der Waals surface area contributed by atoms with E-state index in [9.17, 15) is 4.79 Å². The summed E-state index contributed by atoms with van der Waals surface area (Å²) in [6, 6.07) is 1.61. The van der Waals surface area contributed by atoms with E-state index in [0.29, 0.717) is 11.6 Å². The second-order valence-electron chi connectivity index (χ2n) is 4.07. The summed E-state index contributed by atoms with van der Waals surface area (Å²) < 4.78 is 0. The molecule has 1 saturated heterocycles. The van der Waals surface area contributed by atoms with Gasteiger partial charge in [-0.1, -0.05) is 0 Å². The fraction of sp³-hybridized carbons (Fsp3) is 0.545. The van der Waals surface area contributed by atoms with Gasteiger partial charge in [-0.2, -0.15) is 0 Å². The molecule has 1 unspecified atom stereocenters. The molecule has 2 rings (SSSR count). The van der Waals surface area contributed by atoms with Crippen LogP contribution in [0.25, 0.3) is 0 Å². The molecular formula is C11H17N5O. The molecule has 0 spiro atoms. The number of hydrogen-bond acceptors (Lipinski definition) is 5. The Bertz CT molecular complexity index is 420. The van der Waals surface area contributed by atoms with Gasteiger partial charge in [0.2, 0.25) is 5.91 Å². The zero-order chi connectivity index (χ0) is 12.3. The van der Waals surface area contributed by atoms with Crippen molar-refractivity contribution in [1.29, 1.82) is 0 Å². The Labute approximate surface area is 100 Å². The smallest absolute Gasteiger partial charge is 0.242 e. The number of nitrogens with one attached hydrogen (secondary N) is 3. The van der Waals surface area contributed by atoms with Gasteiger partial charge in [0.25, 0.3) is 0 Å². The molecule has 1 atom stereocenters. The predicted octanol–water partition coefficient (Wildman–Crippen LogP) is 0.517. The largest absolute Gasteiger partial charge is 0.373 e. The molecule has 1 aromatic heterocycles. The summed E-state index contributed by atoms with van der Waals surface area (Å²) in [7, 11) is 1.80. The van der Waals surface area contributed by atoms with Crippen molar-refractivity contribution >= 4 is 17.5 Å². The molecular weight excluding hydrogens is 218 g/mol. The van der Waals surface area contributed by atoms with E-state index in [0.717, 1.165) is 25.2 Å². The maximum absolute atomic E-state index is 11.6. The quantitative estimate of drug-likeness (QED) is 0.711. The normalized spacial score (nSPS) is 19.6. The Morgan fingerprint density at radius 2 is 2.18 bits per heavy atom. The number of hydrogen-bond donors (Lipinski definition) is 3. The highest BCUT2D eigenvalue weighted by Gasteiger charge is 2.22. The van der Waals surface area contributed by atoms with E-state index in [-0.39, 0.29) is 11.9 Å². The highest BCUT2D eigenvalue weighted by atomic mass is 16.2. The Kier molecular flexibility index (Phi) is 3.41. The minimum atomic E-state index is -0.192. The van der Waals surface area contributed by atoms with Crippen LogP contribution in [0.4, 0.5) is 11.6 Å². The third-order valence-electron chi connectivity index (χ3n) is 2.70. The summed E-state index contributed by atoms with van der Waals surface area (Å²) >= 11 is 0. The first-order valence-corrected chi connectivity index (χ1v) is 5.77. The lowest BCUT2D eigenvalue weighted by Crippen LogP contribution is -2.44. The van der Waals surface area contributed by atoms with Gasteiger partial charge in [0, 0.05) is 19.7 Å². The van der Waals surface area contributed by atoms with Gasteiger partial charge in [-0.25, -0.2) is 9.97 Å². The standard InChI is InChI=1S/C11H17N5O/c1-7-14-9(12-2)6-10(15-7)16-8-4-3-5-13-11(8)17/h6,8H,3-5H2,1-2H3,(H,13,17)(H2,12,14,15,16). The van der Waals surface area contributed by atoms with Crippen molar-refractivity contribution in [3.05, 3.63) is 11.9 Å². The van der Waals surface area contributed by atoms with Crippen LogP contribution in [0.1, 0.15) is 18.7 Å². The minimum absolute atomic E-state index is 0.0403. The number of rotatable bonds is 3. The second-order valence-corrected chi connectivity index (χ2v) is 4.07. The van der Waals surface area contributed by atoms with Crippen molar-refractivity contribution in [2.24, 2.45) is 0 Å². The van der Waals surface area contributed by atoms with E-state index in [1.807, 2.05) is 6.92 Å². The van der Waals surface area contributed by atoms with Crippen molar-refractivity contribution < 1.29 is 4.79 Å². The molecule has 6 nitrogen and oxygen atoms in total. The maximum Gasteiger partial charge on any atom is 0.242 e. The summed E-state index contributed by atoms with van der Waals surface area (Å²) in [6.07, 6.45) is 1.83. The molecule has 1 aromatic rings. The van der Waals surface area contributed by atoms with Crippen molar-refractivity contribution in [2.75, 3.05) is 24.2 Å². The van der Waals surface area contributed by atoms with Crippen LogP contribution in [0.15, 0.2) is 6.07 Å². The molecule has 1 amide bonds. The number of aromatic nitrogens is 2. The molecule has 3 N–H and O–H groups in total. The van der Waals surface area contributed by atoms with Gasteiger partial charge in [0.15, 0.2) is 0 Å². The van der Waals surface area contributed by atoms with Crippen molar-refractivity contribution in [1.82, 2.24) is 15.3 Å². The Hall–Kier alpha value is -1.85. The van der Waals surface area contributed by atoms with E-state index in [1.165, 1.54) is 0 Å². The molecule has 0 saturated carbocycles. The lowest BCUT2D eigenvalue weighted by atomic mass is 10.1. The molecule has 1 aliphatic rings. The Morgan fingerprint density at radius 3 is 2.88 bits per heavy atom. The Balaban J connectivity index is 2.11. The number of carbonyl (C=O) groups excluding carboxylic acids is 1. The zero-order valence-corrected chi connectivity index (χ0v) is 10.1. The summed E-state index contributed by atoms with van der Waals surface area (Å²) in [5, 5.41) is 8.94. The molecule has 0 aliphatic carbocycles. The van der Waals surface area contributed by atoms with E-state index >= 15 is 0 Å². The molecule has 0 bridgehead atoms. The number of anilines is 2. The zero-order valence-electron chi connectivity index (χ0n) is 10.1. The van der Waals surface area contributed by atoms with Crippen LogP contribution in [-0.2, 0) is 4.79 Å². The maximum atomic E-state index is 11.6. The summed E-state index contributed by atoms with van der Waals surface area (Å²) in [4.78, 5) is 20.1. The molecule has 0 aromatic carbocycles. The minimum Gasteiger partial charge on any atom is -0.373 e. The van der Waals surface area contributed by atoms with Crippen LogP contribution in [-0.4, -0.2) is 35.5 Å². The molecule has 1 fully saturated rings. The van der Waals surface area contributed by atoms with Gasteiger partial charge < -0.3 is 16.0 Å².